The molecule has 0 aromatic carbocycles. The number of thiophene rings is 1. The number of allylic oxidation sites excluding steroid dienone is 1. The van der Waals surface area contributed by atoms with E-state index >= 15 is 0 Å². The van der Waals surface area contributed by atoms with Crippen molar-refractivity contribution in [1.82, 2.24) is 24.7 Å². The fourth-order valence-corrected chi connectivity index (χ4v) is 6.18. The van der Waals surface area contributed by atoms with Crippen LogP contribution in [0.3, 0.4) is 0 Å². The Balaban J connectivity index is 1.41. The van der Waals surface area contributed by atoms with E-state index in [0.717, 1.165) is 52.3 Å². The topological polar surface area (TPSA) is 82.5 Å². The Morgan fingerprint density at radius 3 is 2.93 bits per heavy atom. The second-order valence-electron chi connectivity index (χ2n) is 7.86. The Bertz CT molecular complexity index is 1050. The molecule has 1 fully saturated rings. The first kappa shape index (κ1) is 18.1. The van der Waals surface area contributed by atoms with Crippen LogP contribution in [0.1, 0.15) is 54.2 Å². The number of hydrogen-bond acceptors (Lipinski definition) is 7. The van der Waals surface area contributed by atoms with Crippen LogP contribution >= 0.6 is 23.1 Å². The Morgan fingerprint density at radius 1 is 1.29 bits per heavy atom. The van der Waals surface area contributed by atoms with Gasteiger partial charge in [-0.25, -0.2) is 9.97 Å². The van der Waals surface area contributed by atoms with Crippen LogP contribution in [0.4, 0.5) is 5.82 Å². The molecule has 6 nitrogen and oxygen atoms in total. The summed E-state index contributed by atoms with van der Waals surface area (Å²) in [6.07, 6.45) is 7.76. The zero-order valence-electron chi connectivity index (χ0n) is 16.0. The van der Waals surface area contributed by atoms with Crippen LogP contribution < -0.4 is 5.73 Å². The van der Waals surface area contributed by atoms with Crippen LogP contribution in [-0.4, -0.2) is 24.7 Å². The summed E-state index contributed by atoms with van der Waals surface area (Å²) in [6, 6.07) is 0. The Labute approximate surface area is 172 Å². The van der Waals surface area contributed by atoms with Crippen molar-refractivity contribution in [3.8, 4) is 0 Å². The van der Waals surface area contributed by atoms with E-state index in [1.165, 1.54) is 29.7 Å². The van der Waals surface area contributed by atoms with E-state index in [1.807, 2.05) is 6.08 Å². The van der Waals surface area contributed by atoms with Gasteiger partial charge in [-0.1, -0.05) is 24.8 Å². The van der Waals surface area contributed by atoms with Crippen LogP contribution in [-0.2, 0) is 25.1 Å². The number of thioether (sulfide) groups is 1. The molecule has 0 spiro atoms. The summed E-state index contributed by atoms with van der Waals surface area (Å²) < 4.78 is 2.17. The van der Waals surface area contributed by atoms with Crippen molar-refractivity contribution in [2.45, 2.75) is 62.4 Å². The molecule has 2 N–H and O–H groups in total. The molecule has 8 heteroatoms. The van der Waals surface area contributed by atoms with Gasteiger partial charge in [-0.05, 0) is 43.6 Å². The smallest absolute Gasteiger partial charge is 0.191 e. The van der Waals surface area contributed by atoms with Crippen molar-refractivity contribution >= 4 is 39.1 Å². The zero-order chi connectivity index (χ0) is 19.3. The van der Waals surface area contributed by atoms with E-state index in [9.17, 15) is 0 Å². The predicted octanol–water partition coefficient (Wildman–Crippen LogP) is 4.35. The van der Waals surface area contributed by atoms with Crippen LogP contribution in [0.25, 0.3) is 10.2 Å². The molecule has 0 radical (unpaired) electrons. The van der Waals surface area contributed by atoms with E-state index in [2.05, 4.69) is 33.3 Å². The fourth-order valence-electron chi connectivity index (χ4n) is 3.96. The molecule has 2 aliphatic rings. The van der Waals surface area contributed by atoms with Gasteiger partial charge in [0.25, 0.3) is 0 Å². The van der Waals surface area contributed by atoms with Gasteiger partial charge in [-0.2, -0.15) is 0 Å². The molecule has 1 atom stereocenters. The van der Waals surface area contributed by atoms with Crippen LogP contribution in [0.15, 0.2) is 17.8 Å². The molecule has 0 amide bonds. The lowest BCUT2D eigenvalue weighted by Crippen LogP contribution is -2.09. The third-order valence-electron chi connectivity index (χ3n) is 5.56. The minimum atomic E-state index is 0.560. The molecule has 0 aliphatic heterocycles. The van der Waals surface area contributed by atoms with Crippen molar-refractivity contribution in [2.75, 3.05) is 5.73 Å². The van der Waals surface area contributed by atoms with Crippen molar-refractivity contribution < 1.29 is 0 Å². The summed E-state index contributed by atoms with van der Waals surface area (Å²) in [5, 5.41) is 10.8. The average Bonchev–Trinajstić information content (AvgIpc) is 3.33. The van der Waals surface area contributed by atoms with Crippen molar-refractivity contribution in [3.63, 3.8) is 0 Å². The first-order valence-corrected chi connectivity index (χ1v) is 11.7. The lowest BCUT2D eigenvalue weighted by atomic mass is 9.89. The molecule has 0 saturated heterocycles. The third-order valence-corrected chi connectivity index (χ3v) is 7.67. The van der Waals surface area contributed by atoms with Crippen LogP contribution in [0, 0.1) is 5.92 Å². The summed E-state index contributed by atoms with van der Waals surface area (Å²) in [4.78, 5) is 11.9. The van der Waals surface area contributed by atoms with Crippen molar-refractivity contribution in [2.24, 2.45) is 5.92 Å². The lowest BCUT2D eigenvalue weighted by Gasteiger charge is -2.17. The summed E-state index contributed by atoms with van der Waals surface area (Å²) in [5.74, 6) is 4.41. The molecule has 3 aromatic heterocycles. The van der Waals surface area contributed by atoms with E-state index < -0.39 is 0 Å². The molecule has 0 bridgehead atoms. The molecule has 5 rings (SSSR count). The number of aryl methyl sites for hydroxylation is 1. The number of hydrogen-bond donors (Lipinski definition) is 1. The summed E-state index contributed by atoms with van der Waals surface area (Å²) in [5.41, 5.74) is 7.74. The predicted molar refractivity (Wildman–Crippen MR) is 115 cm³/mol. The monoisotopic (exact) mass is 412 g/mol. The average molecular weight is 413 g/mol. The van der Waals surface area contributed by atoms with Gasteiger partial charge < -0.3 is 10.3 Å². The van der Waals surface area contributed by atoms with Crippen LogP contribution in [0.5, 0.6) is 0 Å². The number of nitrogens with zero attached hydrogens (tertiary/aromatic N) is 5. The number of fused-ring (bicyclic) bond motifs is 3. The summed E-state index contributed by atoms with van der Waals surface area (Å²) in [6.45, 7) is 6.93. The van der Waals surface area contributed by atoms with E-state index in [-0.39, 0.29) is 0 Å². The minimum absolute atomic E-state index is 0.560. The number of nitrogen functional groups attached to an aromatic ring is 1. The lowest BCUT2D eigenvalue weighted by molar-refractivity contribution is 0.509. The Hall–Kier alpha value is -1.93. The molecule has 1 unspecified atom stereocenters. The van der Waals surface area contributed by atoms with Crippen molar-refractivity contribution in [3.05, 3.63) is 34.7 Å². The van der Waals surface area contributed by atoms with Gasteiger partial charge in [0.15, 0.2) is 5.16 Å². The maximum absolute atomic E-state index is 6.36. The molecule has 3 aromatic rings. The summed E-state index contributed by atoms with van der Waals surface area (Å²) >= 11 is 3.42. The second kappa shape index (κ2) is 7.15. The zero-order valence-corrected chi connectivity index (χ0v) is 17.7. The second-order valence-corrected chi connectivity index (χ2v) is 9.89. The molecule has 3 heterocycles. The normalized spacial score (nSPS) is 19.1. The first-order chi connectivity index (χ1) is 13.6. The van der Waals surface area contributed by atoms with Gasteiger partial charge in [0.2, 0.25) is 0 Å². The van der Waals surface area contributed by atoms with Gasteiger partial charge in [0.05, 0.1) is 11.1 Å². The number of nitrogens with two attached hydrogens (primary N) is 1. The highest BCUT2D eigenvalue weighted by atomic mass is 32.2. The highest BCUT2D eigenvalue weighted by molar-refractivity contribution is 7.98. The molecule has 146 valence electrons. The standard InChI is InChI=1S/C20H24N6S2/c1-3-8-26-18(12-5-6-12)24-25-20(26)27-10-15-22-17(21)16-13-7-4-11(2)9-14(13)28-19(16)23-15/h3,11-12H,1,4-10H2,2H3,(H2,21,22,23). The SMILES string of the molecule is C=CCn1c(SCc2nc(N)c3c4c(sc3n2)CC(C)CC4)nnc1C1CC1. The maximum Gasteiger partial charge on any atom is 0.191 e. The fraction of sp³-hybridized carbons (Fsp3) is 0.500. The Morgan fingerprint density at radius 2 is 2.14 bits per heavy atom. The van der Waals surface area contributed by atoms with Crippen molar-refractivity contribution in [1.29, 1.82) is 0 Å². The van der Waals surface area contributed by atoms with Crippen LogP contribution in [0.2, 0.25) is 0 Å². The highest BCUT2D eigenvalue weighted by Crippen LogP contribution is 2.41. The molecule has 1 saturated carbocycles. The number of anilines is 1. The molecular formula is C20H24N6S2. The molecule has 2 aliphatic carbocycles. The Kier molecular flexibility index (Phi) is 4.63. The quantitative estimate of drug-likeness (QED) is 0.479. The number of aromatic nitrogens is 5. The van der Waals surface area contributed by atoms with Gasteiger partial charge in [0.1, 0.15) is 22.3 Å². The molecule has 28 heavy (non-hydrogen) atoms. The van der Waals surface area contributed by atoms with E-state index in [1.54, 1.807) is 23.1 Å². The molecular weight excluding hydrogens is 388 g/mol. The van der Waals surface area contributed by atoms with Gasteiger partial charge >= 0.3 is 0 Å². The summed E-state index contributed by atoms with van der Waals surface area (Å²) in [7, 11) is 0. The van der Waals surface area contributed by atoms with E-state index in [0.29, 0.717) is 17.5 Å². The third kappa shape index (κ3) is 3.22. The number of rotatable bonds is 6. The van der Waals surface area contributed by atoms with E-state index in [4.69, 9.17) is 10.7 Å². The van der Waals surface area contributed by atoms with Gasteiger partial charge in [0, 0.05) is 17.3 Å². The highest BCUT2D eigenvalue weighted by Gasteiger charge is 2.30. The largest absolute Gasteiger partial charge is 0.383 e. The van der Waals surface area contributed by atoms with Gasteiger partial charge in [-0.15, -0.1) is 28.1 Å². The first-order valence-electron chi connectivity index (χ1n) is 9.87. The minimum Gasteiger partial charge on any atom is -0.383 e. The van der Waals surface area contributed by atoms with Gasteiger partial charge in [-0.3, -0.25) is 0 Å². The maximum atomic E-state index is 6.36.